The molecule has 11 nitrogen and oxygen atoms in total. The van der Waals surface area contributed by atoms with E-state index in [2.05, 4.69) is 20.4 Å². The summed E-state index contributed by atoms with van der Waals surface area (Å²) < 4.78 is 19.6. The third-order valence-electron chi connectivity index (χ3n) is 5.85. The number of nitrogens with one attached hydrogen (secondary N) is 1. The largest absolute Gasteiger partial charge is 0.481 e. The number of rotatable bonds is 7. The Bertz CT molecular complexity index is 1350. The zero-order chi connectivity index (χ0) is 26.0. The van der Waals surface area contributed by atoms with Crippen molar-refractivity contribution in [2.45, 2.75) is 38.5 Å². The van der Waals surface area contributed by atoms with Gasteiger partial charge in [0, 0.05) is 24.5 Å². The molecule has 0 radical (unpaired) electrons. The van der Waals surface area contributed by atoms with Gasteiger partial charge in [-0.2, -0.15) is 0 Å². The molecule has 2 aromatic heterocycles. The number of ether oxygens (including phenoxy) is 1. The summed E-state index contributed by atoms with van der Waals surface area (Å²) in [5.74, 6) is -3.19. The number of hydrogen-bond donors (Lipinski definition) is 4. The van der Waals surface area contributed by atoms with E-state index >= 15 is 0 Å². The number of anilines is 1. The summed E-state index contributed by atoms with van der Waals surface area (Å²) in [6.45, 7) is 3.25. The van der Waals surface area contributed by atoms with Gasteiger partial charge in [0.2, 0.25) is 11.8 Å². The van der Waals surface area contributed by atoms with Crippen LogP contribution in [0.15, 0.2) is 41.4 Å². The zero-order valence-corrected chi connectivity index (χ0v) is 19.9. The lowest BCUT2D eigenvalue weighted by Gasteiger charge is -2.28. The lowest BCUT2D eigenvalue weighted by Crippen LogP contribution is -2.50. The maximum Gasteiger partial charge on any atom is 0.279 e. The van der Waals surface area contributed by atoms with Gasteiger partial charge >= 0.3 is 0 Å². The zero-order valence-electron chi connectivity index (χ0n) is 19.9. The fraction of sp³-hybridized carbons (Fsp3) is 0.292. The molecular weight excluding hydrogens is 469 g/mol. The first kappa shape index (κ1) is 24.9. The molecule has 0 saturated carbocycles. The smallest absolute Gasteiger partial charge is 0.279 e. The van der Waals surface area contributed by atoms with E-state index < -0.39 is 23.6 Å². The van der Waals surface area contributed by atoms with Gasteiger partial charge in [-0.15, -0.1) is 0 Å². The van der Waals surface area contributed by atoms with Crippen LogP contribution in [-0.4, -0.2) is 44.7 Å². The van der Waals surface area contributed by atoms with Crippen LogP contribution in [0.2, 0.25) is 0 Å². The average molecular weight is 496 g/mol. The maximum atomic E-state index is 14.3. The topological polar surface area (TPSA) is 171 Å². The summed E-state index contributed by atoms with van der Waals surface area (Å²) in [6.07, 6.45) is 0.199. The average Bonchev–Trinajstić information content (AvgIpc) is 2.86. The van der Waals surface area contributed by atoms with E-state index in [1.807, 2.05) is 0 Å². The van der Waals surface area contributed by atoms with Crippen molar-refractivity contribution in [1.29, 1.82) is 0 Å². The van der Waals surface area contributed by atoms with Crippen LogP contribution in [0.5, 0.6) is 5.88 Å². The lowest BCUT2D eigenvalue weighted by atomic mass is 9.91. The fourth-order valence-electron chi connectivity index (χ4n) is 3.97. The monoisotopic (exact) mass is 495 g/mol. The molecule has 1 aromatic carbocycles. The van der Waals surface area contributed by atoms with Crippen molar-refractivity contribution in [2.75, 3.05) is 12.8 Å². The van der Waals surface area contributed by atoms with Crippen LogP contribution in [0.3, 0.4) is 0 Å². The SMILES string of the molecule is CCC(O)(ONC1=N[C@@H](c2ccc(F)cc2-c2cccc(OC)n2)Cc2nc(N)nc(C)c21)C(N)=O. The van der Waals surface area contributed by atoms with Gasteiger partial charge in [0.25, 0.3) is 11.7 Å². The number of methoxy groups -OCH3 is 1. The molecule has 4 rings (SSSR count). The van der Waals surface area contributed by atoms with E-state index in [9.17, 15) is 14.3 Å². The van der Waals surface area contributed by atoms with E-state index in [0.29, 0.717) is 46.1 Å². The Morgan fingerprint density at radius 3 is 2.75 bits per heavy atom. The molecule has 3 heterocycles. The second kappa shape index (κ2) is 9.84. The number of aliphatic imine (C=N–C) groups is 1. The highest BCUT2D eigenvalue weighted by atomic mass is 19.1. The van der Waals surface area contributed by atoms with E-state index in [4.69, 9.17) is 26.0 Å². The Balaban J connectivity index is 1.82. The number of hydroxylamine groups is 1. The van der Waals surface area contributed by atoms with Crippen LogP contribution in [0.25, 0.3) is 11.3 Å². The van der Waals surface area contributed by atoms with Gasteiger partial charge in [0.05, 0.1) is 35.8 Å². The molecule has 6 N–H and O–H groups in total. The van der Waals surface area contributed by atoms with Crippen molar-refractivity contribution in [3.63, 3.8) is 0 Å². The summed E-state index contributed by atoms with van der Waals surface area (Å²) in [5.41, 5.74) is 17.0. The molecule has 1 unspecified atom stereocenters. The number of nitrogen functional groups attached to an aromatic ring is 1. The molecule has 0 fully saturated rings. The Hall–Kier alpha value is -4.16. The van der Waals surface area contributed by atoms with Crippen molar-refractivity contribution in [2.24, 2.45) is 10.7 Å². The van der Waals surface area contributed by atoms with E-state index in [1.165, 1.54) is 26.2 Å². The van der Waals surface area contributed by atoms with Crippen LogP contribution < -0.4 is 21.7 Å². The second-order valence-electron chi connectivity index (χ2n) is 8.19. The predicted octanol–water partition coefficient (Wildman–Crippen LogP) is 1.73. The predicted molar refractivity (Wildman–Crippen MR) is 129 cm³/mol. The van der Waals surface area contributed by atoms with Crippen molar-refractivity contribution < 1.29 is 23.9 Å². The first-order valence-electron chi connectivity index (χ1n) is 11.1. The first-order chi connectivity index (χ1) is 17.1. The summed E-state index contributed by atoms with van der Waals surface area (Å²) in [6, 6.07) is 8.92. The standard InChI is InChI=1S/C24H26FN7O4/c1-4-24(34,22(26)33)36-32-21-20-12(2)28-23(27)31-18(20)11-17(30-21)14-9-8-13(25)10-15(14)16-6-5-7-19(29-16)35-3/h5-10,17,34H,4,11H2,1-3H3,(H2,26,33)(H,30,32)(H2,27,28,31)/t17-,24?/m1/s1. The van der Waals surface area contributed by atoms with Crippen LogP contribution in [-0.2, 0) is 16.1 Å². The highest BCUT2D eigenvalue weighted by Gasteiger charge is 2.36. The summed E-state index contributed by atoms with van der Waals surface area (Å²) in [5, 5.41) is 10.4. The highest BCUT2D eigenvalue weighted by Crippen LogP contribution is 2.36. The molecular formula is C24H26FN7O4. The number of halogens is 1. The molecule has 1 amide bonds. The number of amides is 1. The molecule has 2 atom stereocenters. The number of pyridine rings is 1. The van der Waals surface area contributed by atoms with Gasteiger partial charge in [-0.05, 0) is 30.7 Å². The highest BCUT2D eigenvalue weighted by molar-refractivity contribution is 6.01. The molecule has 1 aliphatic rings. The quantitative estimate of drug-likeness (QED) is 0.281. The normalized spacial score (nSPS) is 16.5. The third kappa shape index (κ3) is 4.81. The van der Waals surface area contributed by atoms with Gasteiger partial charge in [0.1, 0.15) is 5.82 Å². The lowest BCUT2D eigenvalue weighted by molar-refractivity contribution is -0.220. The number of hydrogen-bond acceptors (Lipinski definition) is 10. The summed E-state index contributed by atoms with van der Waals surface area (Å²) >= 11 is 0. The van der Waals surface area contributed by atoms with E-state index in [0.717, 1.165) is 0 Å². The minimum Gasteiger partial charge on any atom is -0.481 e. The molecule has 0 aliphatic carbocycles. The molecule has 0 spiro atoms. The molecule has 188 valence electrons. The number of amidine groups is 1. The number of carbonyl (C=O) groups excluding carboxylic acids is 1. The van der Waals surface area contributed by atoms with Crippen LogP contribution in [0.4, 0.5) is 10.3 Å². The minimum atomic E-state index is -2.27. The molecule has 3 aromatic rings. The number of primary amides is 1. The minimum absolute atomic E-state index is 0.0724. The molecule has 36 heavy (non-hydrogen) atoms. The van der Waals surface area contributed by atoms with E-state index in [1.54, 1.807) is 31.2 Å². The second-order valence-corrected chi connectivity index (χ2v) is 8.19. The van der Waals surface area contributed by atoms with Gasteiger partial charge in [-0.3, -0.25) is 9.79 Å². The third-order valence-corrected chi connectivity index (χ3v) is 5.85. The molecule has 0 bridgehead atoms. The Morgan fingerprint density at radius 2 is 2.06 bits per heavy atom. The van der Waals surface area contributed by atoms with Gasteiger partial charge in [-0.25, -0.2) is 29.7 Å². The number of nitrogens with two attached hydrogens (primary N) is 2. The van der Waals surface area contributed by atoms with Crippen LogP contribution in [0.1, 0.15) is 41.9 Å². The van der Waals surface area contributed by atoms with Gasteiger partial charge in [-0.1, -0.05) is 19.1 Å². The van der Waals surface area contributed by atoms with Crippen LogP contribution >= 0.6 is 0 Å². The number of nitrogens with zero attached hydrogens (tertiary/aromatic N) is 4. The Labute approximate surface area is 206 Å². The number of aliphatic hydroxyl groups is 1. The van der Waals surface area contributed by atoms with E-state index in [-0.39, 0.29) is 18.2 Å². The molecule has 1 aliphatic heterocycles. The summed E-state index contributed by atoms with van der Waals surface area (Å²) in [7, 11) is 1.49. The maximum absolute atomic E-state index is 14.3. The van der Waals surface area contributed by atoms with Crippen molar-refractivity contribution in [3.8, 4) is 17.1 Å². The fourth-order valence-corrected chi connectivity index (χ4v) is 3.97. The number of fused-ring (bicyclic) bond motifs is 1. The Kier molecular flexibility index (Phi) is 6.82. The van der Waals surface area contributed by atoms with Gasteiger partial charge < -0.3 is 21.3 Å². The number of benzene rings is 1. The number of aromatic nitrogens is 3. The number of carbonyl (C=O) groups is 1. The molecule has 0 saturated heterocycles. The Morgan fingerprint density at radius 1 is 1.28 bits per heavy atom. The van der Waals surface area contributed by atoms with Crippen molar-refractivity contribution >= 4 is 17.7 Å². The number of aryl methyl sites for hydroxylation is 1. The van der Waals surface area contributed by atoms with Gasteiger partial charge in [0.15, 0.2) is 5.84 Å². The van der Waals surface area contributed by atoms with Crippen LogP contribution in [0, 0.1) is 12.7 Å². The summed E-state index contributed by atoms with van der Waals surface area (Å²) in [4.78, 5) is 34.8. The van der Waals surface area contributed by atoms with Crippen molar-refractivity contribution in [3.05, 3.63) is 64.7 Å². The molecule has 12 heteroatoms. The van der Waals surface area contributed by atoms with Crippen molar-refractivity contribution in [1.82, 2.24) is 20.4 Å². The first-order valence-corrected chi connectivity index (χ1v) is 11.1.